The van der Waals surface area contributed by atoms with Crippen molar-refractivity contribution in [2.24, 2.45) is 0 Å². The van der Waals surface area contributed by atoms with Crippen LogP contribution in [0.15, 0.2) is 51.7 Å². The number of amides is 1. The number of hydrogen-bond acceptors (Lipinski definition) is 5. The number of nitrogens with zero attached hydrogens (tertiary/aromatic N) is 1. The van der Waals surface area contributed by atoms with Gasteiger partial charge in [0.15, 0.2) is 0 Å². The average molecular weight is 299 g/mol. The van der Waals surface area contributed by atoms with Gasteiger partial charge in [0, 0.05) is 17.5 Å². The second-order valence-electron chi connectivity index (χ2n) is 4.45. The van der Waals surface area contributed by atoms with E-state index in [0.717, 1.165) is 11.1 Å². The molecule has 0 fully saturated rings. The van der Waals surface area contributed by atoms with Gasteiger partial charge < -0.3 is 15.6 Å². The van der Waals surface area contributed by atoms with Gasteiger partial charge in [0.2, 0.25) is 5.88 Å². The number of anilines is 1. The zero-order valence-electron chi connectivity index (χ0n) is 11.1. The van der Waals surface area contributed by atoms with Crippen LogP contribution in [0.2, 0.25) is 0 Å². The van der Waals surface area contributed by atoms with E-state index in [9.17, 15) is 4.79 Å². The van der Waals surface area contributed by atoms with E-state index in [0.29, 0.717) is 12.2 Å². The van der Waals surface area contributed by atoms with Crippen LogP contribution in [0.25, 0.3) is 11.3 Å². The summed E-state index contributed by atoms with van der Waals surface area (Å²) < 4.78 is 4.96. The van der Waals surface area contributed by atoms with Gasteiger partial charge >= 0.3 is 0 Å². The summed E-state index contributed by atoms with van der Waals surface area (Å²) in [7, 11) is 0. The summed E-state index contributed by atoms with van der Waals surface area (Å²) in [6.45, 7) is 0.424. The fraction of sp³-hybridized carbons (Fsp3) is 0.0667. The van der Waals surface area contributed by atoms with Gasteiger partial charge in [-0.05, 0) is 17.0 Å². The summed E-state index contributed by atoms with van der Waals surface area (Å²) in [5, 5.41) is 10.5. The number of nitrogens with two attached hydrogens (primary N) is 1. The van der Waals surface area contributed by atoms with Gasteiger partial charge in [-0.3, -0.25) is 4.79 Å². The minimum absolute atomic E-state index is 0.0294. The third kappa shape index (κ3) is 2.80. The van der Waals surface area contributed by atoms with E-state index >= 15 is 0 Å². The van der Waals surface area contributed by atoms with Crippen LogP contribution in [0.3, 0.4) is 0 Å². The SMILES string of the molecule is Nc1onc(-c2ccsc2)c1C(=O)NCc1ccccc1. The minimum atomic E-state index is -0.293. The highest BCUT2D eigenvalue weighted by Gasteiger charge is 2.22. The molecule has 0 radical (unpaired) electrons. The van der Waals surface area contributed by atoms with Crippen molar-refractivity contribution in [2.75, 3.05) is 5.73 Å². The quantitative estimate of drug-likeness (QED) is 0.776. The normalized spacial score (nSPS) is 10.5. The molecular formula is C15H13N3O2S. The van der Waals surface area contributed by atoms with Crippen LogP contribution < -0.4 is 11.1 Å². The molecule has 0 unspecified atom stereocenters. The van der Waals surface area contributed by atoms with Crippen LogP contribution >= 0.6 is 11.3 Å². The van der Waals surface area contributed by atoms with Gasteiger partial charge in [0.1, 0.15) is 11.3 Å². The number of aromatic nitrogens is 1. The van der Waals surface area contributed by atoms with E-state index in [2.05, 4.69) is 10.5 Å². The second-order valence-corrected chi connectivity index (χ2v) is 5.23. The van der Waals surface area contributed by atoms with Crippen LogP contribution in [0, 0.1) is 0 Å². The Labute approximate surface area is 125 Å². The predicted octanol–water partition coefficient (Wildman–Crippen LogP) is 2.92. The van der Waals surface area contributed by atoms with Gasteiger partial charge in [-0.25, -0.2) is 0 Å². The lowest BCUT2D eigenvalue weighted by atomic mass is 10.1. The number of nitrogens with one attached hydrogen (secondary N) is 1. The zero-order valence-corrected chi connectivity index (χ0v) is 11.9. The number of thiophene rings is 1. The summed E-state index contributed by atoms with van der Waals surface area (Å²) in [4.78, 5) is 12.3. The summed E-state index contributed by atoms with van der Waals surface area (Å²) in [5.74, 6) is -0.263. The first kappa shape index (κ1) is 13.4. The first-order chi connectivity index (χ1) is 10.3. The maximum atomic E-state index is 12.3. The Hall–Kier alpha value is -2.60. The van der Waals surface area contributed by atoms with E-state index in [-0.39, 0.29) is 17.4 Å². The molecule has 0 aliphatic heterocycles. The molecule has 2 aromatic heterocycles. The summed E-state index contributed by atoms with van der Waals surface area (Å²) in [6.07, 6.45) is 0. The molecule has 1 aromatic carbocycles. The van der Waals surface area contributed by atoms with Gasteiger partial charge in [-0.15, -0.1) is 0 Å². The molecule has 0 saturated carbocycles. The molecule has 3 N–H and O–H groups in total. The van der Waals surface area contributed by atoms with Crippen molar-refractivity contribution in [1.29, 1.82) is 0 Å². The molecule has 0 atom stereocenters. The van der Waals surface area contributed by atoms with Crippen molar-refractivity contribution in [1.82, 2.24) is 10.5 Å². The zero-order chi connectivity index (χ0) is 14.7. The maximum Gasteiger partial charge on any atom is 0.259 e. The van der Waals surface area contributed by atoms with Crippen molar-refractivity contribution in [3.05, 3.63) is 58.3 Å². The van der Waals surface area contributed by atoms with Crippen LogP contribution in [-0.4, -0.2) is 11.1 Å². The van der Waals surface area contributed by atoms with Crippen molar-refractivity contribution >= 4 is 23.1 Å². The van der Waals surface area contributed by atoms with Gasteiger partial charge in [-0.2, -0.15) is 11.3 Å². The van der Waals surface area contributed by atoms with E-state index in [1.807, 2.05) is 47.2 Å². The van der Waals surface area contributed by atoms with Crippen molar-refractivity contribution in [3.63, 3.8) is 0 Å². The lowest BCUT2D eigenvalue weighted by Gasteiger charge is -2.05. The van der Waals surface area contributed by atoms with E-state index in [1.54, 1.807) is 0 Å². The largest absolute Gasteiger partial charge is 0.367 e. The van der Waals surface area contributed by atoms with Gasteiger partial charge in [0.25, 0.3) is 5.91 Å². The fourth-order valence-electron chi connectivity index (χ4n) is 1.99. The molecule has 0 aliphatic carbocycles. The minimum Gasteiger partial charge on any atom is -0.367 e. The Balaban J connectivity index is 1.80. The number of nitrogen functional groups attached to an aromatic ring is 1. The lowest BCUT2D eigenvalue weighted by molar-refractivity contribution is 0.0952. The van der Waals surface area contributed by atoms with E-state index < -0.39 is 0 Å². The highest BCUT2D eigenvalue weighted by atomic mass is 32.1. The molecule has 6 heteroatoms. The van der Waals surface area contributed by atoms with Crippen LogP contribution in [0.1, 0.15) is 15.9 Å². The number of rotatable bonds is 4. The van der Waals surface area contributed by atoms with Crippen LogP contribution in [-0.2, 0) is 6.54 Å². The van der Waals surface area contributed by atoms with Crippen molar-refractivity contribution in [3.8, 4) is 11.3 Å². The molecule has 3 aromatic rings. The van der Waals surface area contributed by atoms with Gasteiger partial charge in [-0.1, -0.05) is 35.5 Å². The molecule has 2 heterocycles. The predicted molar refractivity (Wildman–Crippen MR) is 81.8 cm³/mol. The number of carbonyl (C=O) groups is 1. The molecule has 5 nitrogen and oxygen atoms in total. The summed E-state index contributed by atoms with van der Waals surface area (Å²) in [6, 6.07) is 11.5. The Bertz CT molecular complexity index is 736. The highest BCUT2D eigenvalue weighted by Crippen LogP contribution is 2.28. The monoisotopic (exact) mass is 299 g/mol. The molecule has 106 valence electrons. The summed E-state index contributed by atoms with van der Waals surface area (Å²) in [5.41, 5.74) is 8.32. The Morgan fingerprint density at radius 2 is 2.10 bits per heavy atom. The molecule has 1 amide bonds. The molecule has 0 saturated heterocycles. The Morgan fingerprint density at radius 3 is 2.81 bits per heavy atom. The first-order valence-electron chi connectivity index (χ1n) is 6.35. The van der Waals surface area contributed by atoms with Crippen molar-refractivity contribution in [2.45, 2.75) is 6.54 Å². The van der Waals surface area contributed by atoms with Crippen molar-refractivity contribution < 1.29 is 9.32 Å². The molecule has 0 aliphatic rings. The standard InChI is InChI=1S/C15H13N3O2S/c16-14-12(13(18-20-14)11-6-7-21-9-11)15(19)17-8-10-4-2-1-3-5-10/h1-7,9H,8,16H2,(H,17,19). The van der Waals surface area contributed by atoms with E-state index in [4.69, 9.17) is 10.3 Å². The third-order valence-electron chi connectivity index (χ3n) is 3.04. The van der Waals surface area contributed by atoms with Crippen LogP contribution in [0.4, 0.5) is 5.88 Å². The average Bonchev–Trinajstić information content (AvgIpc) is 3.15. The maximum absolute atomic E-state index is 12.3. The molecular weight excluding hydrogens is 286 g/mol. The number of carbonyl (C=O) groups excluding carboxylic acids is 1. The Morgan fingerprint density at radius 1 is 1.29 bits per heavy atom. The van der Waals surface area contributed by atoms with Gasteiger partial charge in [0.05, 0.1) is 0 Å². The smallest absolute Gasteiger partial charge is 0.259 e. The number of benzene rings is 1. The second kappa shape index (κ2) is 5.80. The summed E-state index contributed by atoms with van der Waals surface area (Å²) >= 11 is 1.52. The van der Waals surface area contributed by atoms with E-state index in [1.165, 1.54) is 11.3 Å². The lowest BCUT2D eigenvalue weighted by Crippen LogP contribution is -2.23. The highest BCUT2D eigenvalue weighted by molar-refractivity contribution is 7.08. The topological polar surface area (TPSA) is 81.2 Å². The molecule has 21 heavy (non-hydrogen) atoms. The number of hydrogen-bond donors (Lipinski definition) is 2. The molecule has 0 spiro atoms. The fourth-order valence-corrected chi connectivity index (χ4v) is 2.63. The molecule has 0 bridgehead atoms. The third-order valence-corrected chi connectivity index (χ3v) is 3.72. The first-order valence-corrected chi connectivity index (χ1v) is 7.30. The van der Waals surface area contributed by atoms with Crippen LogP contribution in [0.5, 0.6) is 0 Å². The Kier molecular flexibility index (Phi) is 3.70. The molecule has 3 rings (SSSR count).